The summed E-state index contributed by atoms with van der Waals surface area (Å²) < 4.78 is 59.1. The second kappa shape index (κ2) is 20.2. The number of nitrogens with two attached hydrogens (primary N) is 2. The topological polar surface area (TPSA) is 163 Å². The predicted octanol–water partition coefficient (Wildman–Crippen LogP) is 4.59. The van der Waals surface area contributed by atoms with Gasteiger partial charge in [-0.25, -0.2) is 13.5 Å². The molecule has 0 bridgehead atoms. The number of nitrogens with zero attached hydrogens (tertiary/aromatic N) is 3. The molecule has 5 rings (SSSR count). The minimum atomic E-state index is -0.811. The van der Waals surface area contributed by atoms with Crippen LogP contribution in [0.4, 0.5) is 14.6 Å². The summed E-state index contributed by atoms with van der Waals surface area (Å²) >= 11 is 0. The molecule has 0 radical (unpaired) electrons. The van der Waals surface area contributed by atoms with Crippen LogP contribution in [0.25, 0.3) is 0 Å². The van der Waals surface area contributed by atoms with Gasteiger partial charge < -0.3 is 44.8 Å². The molecule has 56 heavy (non-hydrogen) atoms. The Morgan fingerprint density at radius 3 is 1.79 bits per heavy atom. The van der Waals surface area contributed by atoms with E-state index in [0.29, 0.717) is 42.5 Å². The second-order valence-corrected chi connectivity index (χ2v) is 11.4. The number of terminal acetylenes is 2. The maximum absolute atomic E-state index is 14.6. The van der Waals surface area contributed by atoms with E-state index in [1.54, 1.807) is 37.3 Å². The van der Waals surface area contributed by atoms with Crippen molar-refractivity contribution in [1.29, 1.82) is 0 Å². The number of likely N-dealkylation sites (tertiary alicyclic amines) is 1. The fourth-order valence-corrected chi connectivity index (χ4v) is 5.22. The molecule has 1 saturated heterocycles. The van der Waals surface area contributed by atoms with E-state index >= 15 is 0 Å². The number of hydrogen-bond acceptors (Lipinski definition) is 10. The smallest absolute Gasteiger partial charge is 0.255 e. The SMILES string of the molecule is C#Cc1cc(OC)cc(OC)c1.C#Cc1cc(OC)cc(OC)c1F.C=CC(=O)N1CC[C@H](n2nc(C#Cc3cc(OC)cc(OC)c3F)c(C(N)=O)c2N)C1. The molecule has 4 aromatic rings. The minimum absolute atomic E-state index is 0.0108. The van der Waals surface area contributed by atoms with Gasteiger partial charge in [0.1, 0.15) is 34.4 Å². The first-order valence-corrected chi connectivity index (χ1v) is 16.4. The van der Waals surface area contributed by atoms with Gasteiger partial charge in [0.25, 0.3) is 5.91 Å². The van der Waals surface area contributed by atoms with E-state index in [9.17, 15) is 18.4 Å². The molecule has 1 aliphatic heterocycles. The molecule has 3 aromatic carbocycles. The molecule has 0 aliphatic carbocycles. The zero-order chi connectivity index (χ0) is 41.5. The Hall–Kier alpha value is -7.31. The van der Waals surface area contributed by atoms with Crippen LogP contribution in [0.15, 0.2) is 55.1 Å². The average molecular weight is 770 g/mol. The van der Waals surface area contributed by atoms with Gasteiger partial charge in [-0.1, -0.05) is 24.3 Å². The van der Waals surface area contributed by atoms with Gasteiger partial charge in [0.2, 0.25) is 5.91 Å². The van der Waals surface area contributed by atoms with E-state index < -0.39 is 17.5 Å². The highest BCUT2D eigenvalue weighted by atomic mass is 19.1. The number of ether oxygens (including phenoxy) is 6. The standard InChI is InChI=1S/C21H22FN5O4.C10H9FO2.C10H10O2/c1-4-17(28)26-8-7-13(11-26)27-20(23)18(21(24)29)15(25-27)6-5-12-9-14(30-2)10-16(31-3)19(12)22;1-4-7-5-8(12-2)6-9(13-3)10(7)11;1-4-8-5-9(11-2)7-10(6-8)12-3/h4,9-10,13H,1,7-8,11,23H2,2-3H3,(H2,24,29);1,5-6H,2-3H3;1,5-7H,2-3H3/t13-;;/m0../s1. The Balaban J connectivity index is 0.000000275. The lowest BCUT2D eigenvalue weighted by Crippen LogP contribution is -2.27. The lowest BCUT2D eigenvalue weighted by atomic mass is 10.1. The molecule has 13 nitrogen and oxygen atoms in total. The molecular formula is C41H41F2N5O8. The van der Waals surface area contributed by atoms with Crippen molar-refractivity contribution in [3.63, 3.8) is 0 Å². The largest absolute Gasteiger partial charge is 0.497 e. The molecule has 292 valence electrons. The van der Waals surface area contributed by atoms with Gasteiger partial charge in [0.15, 0.2) is 28.8 Å². The molecule has 0 unspecified atom stereocenters. The van der Waals surface area contributed by atoms with Crippen LogP contribution >= 0.6 is 0 Å². The van der Waals surface area contributed by atoms with Gasteiger partial charge >= 0.3 is 0 Å². The van der Waals surface area contributed by atoms with Crippen LogP contribution in [0, 0.1) is 48.2 Å². The van der Waals surface area contributed by atoms with E-state index in [4.69, 9.17) is 52.7 Å². The van der Waals surface area contributed by atoms with Gasteiger partial charge in [-0.3, -0.25) is 9.59 Å². The molecule has 2 amide bonds. The zero-order valence-electron chi connectivity index (χ0n) is 31.7. The first-order chi connectivity index (χ1) is 26.8. The van der Waals surface area contributed by atoms with E-state index in [1.807, 2.05) is 0 Å². The maximum atomic E-state index is 14.6. The normalized spacial score (nSPS) is 12.4. The highest BCUT2D eigenvalue weighted by Crippen LogP contribution is 2.30. The van der Waals surface area contributed by atoms with E-state index in [2.05, 4.69) is 35.4 Å². The molecule has 15 heteroatoms. The van der Waals surface area contributed by atoms with Crippen LogP contribution in [-0.2, 0) is 4.79 Å². The number of primary amides is 1. The van der Waals surface area contributed by atoms with E-state index in [-0.39, 0.29) is 51.7 Å². The van der Waals surface area contributed by atoms with Crippen molar-refractivity contribution in [1.82, 2.24) is 14.7 Å². The van der Waals surface area contributed by atoms with Gasteiger partial charge in [-0.15, -0.1) is 12.8 Å². The first kappa shape index (κ1) is 43.1. The first-order valence-electron chi connectivity index (χ1n) is 16.4. The summed E-state index contributed by atoms with van der Waals surface area (Å²) in [7, 11) is 8.79. The number of anilines is 1. The third kappa shape index (κ3) is 10.4. The average Bonchev–Trinajstić information content (AvgIpc) is 3.84. The number of hydrogen-bond donors (Lipinski definition) is 2. The lowest BCUT2D eigenvalue weighted by Gasteiger charge is -2.15. The van der Waals surface area contributed by atoms with Gasteiger partial charge in [0, 0.05) is 36.9 Å². The Morgan fingerprint density at radius 1 is 0.804 bits per heavy atom. The van der Waals surface area contributed by atoms with Crippen molar-refractivity contribution >= 4 is 17.6 Å². The summed E-state index contributed by atoms with van der Waals surface area (Å²) in [4.78, 5) is 25.4. The highest BCUT2D eigenvalue weighted by Gasteiger charge is 2.30. The Bertz CT molecular complexity index is 2210. The number of halogens is 2. The molecule has 0 spiro atoms. The molecular weight excluding hydrogens is 728 g/mol. The van der Waals surface area contributed by atoms with Crippen LogP contribution in [0.5, 0.6) is 34.5 Å². The maximum Gasteiger partial charge on any atom is 0.255 e. The van der Waals surface area contributed by atoms with Crippen LogP contribution in [0.1, 0.15) is 45.2 Å². The summed E-state index contributed by atoms with van der Waals surface area (Å²) in [6.45, 7) is 4.33. The Morgan fingerprint density at radius 2 is 1.32 bits per heavy atom. The van der Waals surface area contributed by atoms with Crippen molar-refractivity contribution in [2.75, 3.05) is 61.5 Å². The fraction of sp³-hybridized carbons (Fsp3) is 0.244. The van der Waals surface area contributed by atoms with E-state index in [1.165, 1.54) is 63.5 Å². The number of benzene rings is 3. The third-order valence-electron chi connectivity index (χ3n) is 8.12. The van der Waals surface area contributed by atoms with Crippen LogP contribution in [0.2, 0.25) is 0 Å². The summed E-state index contributed by atoms with van der Waals surface area (Å²) in [5.41, 5.74) is 12.4. The molecule has 4 N–H and O–H groups in total. The third-order valence-corrected chi connectivity index (χ3v) is 8.12. The predicted molar refractivity (Wildman–Crippen MR) is 206 cm³/mol. The number of carbonyl (C=O) groups excluding carboxylic acids is 2. The zero-order valence-corrected chi connectivity index (χ0v) is 31.7. The van der Waals surface area contributed by atoms with Crippen molar-refractivity contribution in [3.05, 3.63) is 94.7 Å². The Kier molecular flexibility index (Phi) is 15.6. The van der Waals surface area contributed by atoms with Crippen LogP contribution < -0.4 is 39.9 Å². The molecule has 1 aliphatic rings. The molecule has 1 aromatic heterocycles. The Labute approximate surface area is 324 Å². The van der Waals surface area contributed by atoms with Gasteiger partial charge in [-0.05, 0) is 42.7 Å². The molecule has 2 heterocycles. The molecule has 0 saturated carbocycles. The molecule has 1 fully saturated rings. The quantitative estimate of drug-likeness (QED) is 0.182. The number of amides is 2. The van der Waals surface area contributed by atoms with Crippen molar-refractivity contribution in [3.8, 4) is 71.0 Å². The monoisotopic (exact) mass is 769 g/mol. The number of rotatable bonds is 9. The fourth-order valence-electron chi connectivity index (χ4n) is 5.22. The van der Waals surface area contributed by atoms with Gasteiger partial charge in [-0.2, -0.15) is 5.10 Å². The summed E-state index contributed by atoms with van der Waals surface area (Å²) in [5, 5.41) is 4.33. The number of methoxy groups -OCH3 is 6. The summed E-state index contributed by atoms with van der Waals surface area (Å²) in [6.07, 6.45) is 12.1. The molecule has 1 atom stereocenters. The minimum Gasteiger partial charge on any atom is -0.497 e. The second-order valence-electron chi connectivity index (χ2n) is 11.4. The van der Waals surface area contributed by atoms with Gasteiger partial charge in [0.05, 0.1) is 59.8 Å². The summed E-state index contributed by atoms with van der Waals surface area (Å²) in [6, 6.07) is 10.7. The van der Waals surface area contributed by atoms with Crippen molar-refractivity contribution in [2.45, 2.75) is 12.5 Å². The summed E-state index contributed by atoms with van der Waals surface area (Å²) in [5.74, 6) is 10.1. The number of aromatic nitrogens is 2. The lowest BCUT2D eigenvalue weighted by molar-refractivity contribution is -0.125. The van der Waals surface area contributed by atoms with Crippen LogP contribution in [-0.4, -0.2) is 82.2 Å². The highest BCUT2D eigenvalue weighted by molar-refractivity contribution is 5.99. The van der Waals surface area contributed by atoms with Crippen molar-refractivity contribution in [2.24, 2.45) is 5.73 Å². The number of carbonyl (C=O) groups is 2. The number of nitrogen functional groups attached to an aromatic ring is 1. The van der Waals surface area contributed by atoms with Crippen molar-refractivity contribution < 1.29 is 46.8 Å². The van der Waals surface area contributed by atoms with E-state index in [0.717, 1.165) is 5.56 Å². The van der Waals surface area contributed by atoms with Crippen LogP contribution in [0.3, 0.4) is 0 Å².